The Morgan fingerprint density at radius 1 is 1.36 bits per heavy atom. The Labute approximate surface area is 130 Å². The van der Waals surface area contributed by atoms with Crippen LogP contribution in [0.25, 0.3) is 10.9 Å². The second-order valence-corrected chi connectivity index (χ2v) is 6.38. The number of ether oxygens (including phenoxy) is 1. The molecule has 1 amide bonds. The van der Waals surface area contributed by atoms with Crippen molar-refractivity contribution in [1.29, 1.82) is 0 Å². The molecule has 0 aliphatic rings. The topological polar surface area (TPSA) is 77.2 Å². The van der Waals surface area contributed by atoms with Crippen molar-refractivity contribution in [3.63, 3.8) is 0 Å². The van der Waals surface area contributed by atoms with E-state index in [1.165, 1.54) is 0 Å². The number of rotatable bonds is 4. The molecular formula is C17H23N3O2. The van der Waals surface area contributed by atoms with Crippen LogP contribution in [0.3, 0.4) is 0 Å². The Bertz CT molecular complexity index is 650. The zero-order valence-electron chi connectivity index (χ0n) is 13.3. The molecule has 3 N–H and O–H groups in total. The number of pyridine rings is 1. The summed E-state index contributed by atoms with van der Waals surface area (Å²) in [6.45, 7) is 5.84. The predicted molar refractivity (Wildman–Crippen MR) is 87.7 cm³/mol. The third-order valence-corrected chi connectivity index (χ3v) is 3.05. The lowest BCUT2D eigenvalue weighted by molar-refractivity contribution is 0.0524. The second-order valence-electron chi connectivity index (χ2n) is 6.38. The summed E-state index contributed by atoms with van der Waals surface area (Å²) in [6, 6.07) is 9.84. The number of nitrogens with two attached hydrogens (primary N) is 1. The lowest BCUT2D eigenvalue weighted by Gasteiger charge is -2.20. The number of nitrogens with one attached hydrogen (secondary N) is 1. The van der Waals surface area contributed by atoms with Gasteiger partial charge in [0.05, 0.1) is 5.52 Å². The molecule has 0 spiro atoms. The average molecular weight is 301 g/mol. The maximum atomic E-state index is 11.6. The minimum atomic E-state index is -0.504. The van der Waals surface area contributed by atoms with Gasteiger partial charge in [-0.1, -0.05) is 18.2 Å². The van der Waals surface area contributed by atoms with Gasteiger partial charge in [0.15, 0.2) is 0 Å². The molecule has 0 saturated carbocycles. The number of amides is 1. The van der Waals surface area contributed by atoms with Crippen LogP contribution in [0.5, 0.6) is 0 Å². The second kappa shape index (κ2) is 6.75. The van der Waals surface area contributed by atoms with Gasteiger partial charge in [-0.25, -0.2) is 4.79 Å². The molecule has 0 aliphatic heterocycles. The Hall–Kier alpha value is -2.14. The molecule has 2 aromatic rings. The van der Waals surface area contributed by atoms with Crippen molar-refractivity contribution >= 4 is 17.0 Å². The smallest absolute Gasteiger partial charge is 0.407 e. The highest BCUT2D eigenvalue weighted by Gasteiger charge is 2.16. The Morgan fingerprint density at radius 3 is 2.82 bits per heavy atom. The maximum Gasteiger partial charge on any atom is 0.407 e. The number of carbonyl (C=O) groups is 1. The monoisotopic (exact) mass is 301 g/mol. The maximum absolute atomic E-state index is 11.6. The molecule has 0 aliphatic carbocycles. The summed E-state index contributed by atoms with van der Waals surface area (Å²) in [7, 11) is 0. The normalized spacial score (nSPS) is 12.9. The largest absolute Gasteiger partial charge is 0.444 e. The SMILES string of the molecule is CC(C)(C)OC(=O)NCC(N)Cc1cnc2ccccc2c1. The van der Waals surface area contributed by atoms with E-state index in [4.69, 9.17) is 10.5 Å². The van der Waals surface area contributed by atoms with E-state index in [9.17, 15) is 4.79 Å². The van der Waals surface area contributed by atoms with Gasteiger partial charge < -0.3 is 15.8 Å². The van der Waals surface area contributed by atoms with E-state index >= 15 is 0 Å². The first-order valence-electron chi connectivity index (χ1n) is 7.39. The lowest BCUT2D eigenvalue weighted by atomic mass is 10.1. The molecule has 0 radical (unpaired) electrons. The Morgan fingerprint density at radius 2 is 2.09 bits per heavy atom. The van der Waals surface area contributed by atoms with Crippen LogP contribution in [-0.4, -0.2) is 29.3 Å². The molecule has 2 rings (SSSR count). The van der Waals surface area contributed by atoms with Gasteiger partial charge in [-0.2, -0.15) is 0 Å². The number of aromatic nitrogens is 1. The van der Waals surface area contributed by atoms with Crippen LogP contribution in [-0.2, 0) is 11.2 Å². The van der Waals surface area contributed by atoms with Crippen molar-refractivity contribution in [3.05, 3.63) is 42.1 Å². The van der Waals surface area contributed by atoms with Crippen LogP contribution in [0.2, 0.25) is 0 Å². The summed E-state index contributed by atoms with van der Waals surface area (Å²) < 4.78 is 5.18. The number of alkyl carbamates (subject to hydrolysis) is 1. The summed E-state index contributed by atoms with van der Waals surface area (Å²) in [5.74, 6) is 0. The van der Waals surface area contributed by atoms with E-state index in [-0.39, 0.29) is 6.04 Å². The molecule has 118 valence electrons. The van der Waals surface area contributed by atoms with Gasteiger partial charge in [-0.15, -0.1) is 0 Å². The predicted octanol–water partition coefficient (Wildman–Crippen LogP) is 2.63. The van der Waals surface area contributed by atoms with Crippen molar-refractivity contribution in [1.82, 2.24) is 10.3 Å². The van der Waals surface area contributed by atoms with Crippen LogP contribution in [0.15, 0.2) is 36.5 Å². The standard InChI is InChI=1S/C17H23N3O2/c1-17(2,3)22-16(21)20-11-14(18)9-12-8-13-6-4-5-7-15(13)19-10-12/h4-8,10,14H,9,11,18H2,1-3H3,(H,20,21). The zero-order valence-corrected chi connectivity index (χ0v) is 13.3. The molecule has 1 aromatic carbocycles. The van der Waals surface area contributed by atoms with Crippen LogP contribution in [0.1, 0.15) is 26.3 Å². The van der Waals surface area contributed by atoms with Crippen LogP contribution < -0.4 is 11.1 Å². The fourth-order valence-corrected chi connectivity index (χ4v) is 2.13. The average Bonchev–Trinajstić information content (AvgIpc) is 2.43. The highest BCUT2D eigenvalue weighted by atomic mass is 16.6. The van der Waals surface area contributed by atoms with Crippen molar-refractivity contribution in [2.75, 3.05) is 6.54 Å². The van der Waals surface area contributed by atoms with Gasteiger partial charge in [0.2, 0.25) is 0 Å². The van der Waals surface area contributed by atoms with E-state index < -0.39 is 11.7 Å². The number of carbonyl (C=O) groups excluding carboxylic acids is 1. The summed E-state index contributed by atoms with van der Waals surface area (Å²) in [5.41, 5.74) is 7.58. The van der Waals surface area contributed by atoms with Crippen molar-refractivity contribution < 1.29 is 9.53 Å². The fraction of sp³-hybridized carbons (Fsp3) is 0.412. The lowest BCUT2D eigenvalue weighted by Crippen LogP contribution is -2.41. The van der Waals surface area contributed by atoms with E-state index in [2.05, 4.69) is 16.4 Å². The molecule has 1 heterocycles. The third-order valence-electron chi connectivity index (χ3n) is 3.05. The summed E-state index contributed by atoms with van der Waals surface area (Å²) >= 11 is 0. The highest BCUT2D eigenvalue weighted by Crippen LogP contribution is 2.13. The van der Waals surface area contributed by atoms with E-state index in [1.54, 1.807) is 0 Å². The van der Waals surface area contributed by atoms with Crippen LogP contribution in [0, 0.1) is 0 Å². The molecule has 5 nitrogen and oxygen atoms in total. The summed E-state index contributed by atoms with van der Waals surface area (Å²) in [6.07, 6.45) is 2.03. The van der Waals surface area contributed by atoms with E-state index in [0.717, 1.165) is 16.5 Å². The van der Waals surface area contributed by atoms with Gasteiger partial charge in [-0.05, 0) is 44.9 Å². The number of hydrogen-bond acceptors (Lipinski definition) is 4. The number of benzene rings is 1. The van der Waals surface area contributed by atoms with Crippen LogP contribution >= 0.6 is 0 Å². The fourth-order valence-electron chi connectivity index (χ4n) is 2.13. The Balaban J connectivity index is 1.88. The molecule has 0 saturated heterocycles. The highest BCUT2D eigenvalue weighted by molar-refractivity contribution is 5.78. The number of hydrogen-bond donors (Lipinski definition) is 2. The van der Waals surface area contributed by atoms with E-state index in [0.29, 0.717) is 13.0 Å². The number of nitrogens with zero attached hydrogens (tertiary/aromatic N) is 1. The van der Waals surface area contributed by atoms with Gasteiger partial charge in [0, 0.05) is 24.2 Å². The van der Waals surface area contributed by atoms with E-state index in [1.807, 2.05) is 51.2 Å². The quantitative estimate of drug-likeness (QED) is 0.910. The van der Waals surface area contributed by atoms with Gasteiger partial charge >= 0.3 is 6.09 Å². The third kappa shape index (κ3) is 5.00. The van der Waals surface area contributed by atoms with Crippen LogP contribution in [0.4, 0.5) is 4.79 Å². The van der Waals surface area contributed by atoms with Crippen molar-refractivity contribution in [2.24, 2.45) is 5.73 Å². The van der Waals surface area contributed by atoms with Gasteiger partial charge in [0.1, 0.15) is 5.60 Å². The zero-order chi connectivity index (χ0) is 16.2. The molecule has 1 atom stereocenters. The molecule has 1 unspecified atom stereocenters. The molecule has 22 heavy (non-hydrogen) atoms. The first-order chi connectivity index (χ1) is 10.3. The van der Waals surface area contributed by atoms with Crippen molar-refractivity contribution in [3.8, 4) is 0 Å². The van der Waals surface area contributed by atoms with Gasteiger partial charge in [0.25, 0.3) is 0 Å². The molecule has 0 bridgehead atoms. The van der Waals surface area contributed by atoms with Crippen molar-refractivity contribution in [2.45, 2.75) is 38.8 Å². The van der Waals surface area contributed by atoms with Gasteiger partial charge in [-0.3, -0.25) is 4.98 Å². The number of fused-ring (bicyclic) bond motifs is 1. The first kappa shape index (κ1) is 16.2. The molecule has 1 aromatic heterocycles. The minimum absolute atomic E-state index is 0.185. The molecule has 5 heteroatoms. The minimum Gasteiger partial charge on any atom is -0.444 e. The molecule has 0 fully saturated rings. The Kier molecular flexibility index (Phi) is 4.98. The summed E-state index contributed by atoms with van der Waals surface area (Å²) in [5, 5.41) is 3.78. The number of para-hydroxylation sites is 1. The molecular weight excluding hydrogens is 278 g/mol. The first-order valence-corrected chi connectivity index (χ1v) is 7.39. The summed E-state index contributed by atoms with van der Waals surface area (Å²) in [4.78, 5) is 16.0.